The van der Waals surface area contributed by atoms with Gasteiger partial charge in [-0.3, -0.25) is 14.4 Å². The molecule has 260 valence electrons. The zero-order valence-electron chi connectivity index (χ0n) is 26.1. The van der Waals surface area contributed by atoms with Gasteiger partial charge in [0.05, 0.1) is 12.6 Å². The molecule has 18 heteroatoms. The Hall–Kier alpha value is -5.19. The molecule has 2 fully saturated rings. The third-order valence-corrected chi connectivity index (χ3v) is 8.30. The van der Waals surface area contributed by atoms with Crippen LogP contribution in [0.5, 0.6) is 6.01 Å². The van der Waals surface area contributed by atoms with E-state index in [9.17, 15) is 32.3 Å². The molecular weight excluding hydrogens is 673 g/mol. The zero-order chi connectivity index (χ0) is 35.3. The number of alkyl halides is 3. The normalized spacial score (nSPS) is 17.3. The summed E-state index contributed by atoms with van der Waals surface area (Å²) < 4.78 is 48.5. The number of methoxy groups -OCH3 is 1. The number of benzene rings is 2. The lowest BCUT2D eigenvalue weighted by Gasteiger charge is -2.35. The minimum absolute atomic E-state index is 0.0168. The van der Waals surface area contributed by atoms with Crippen LogP contribution < -0.4 is 26.4 Å². The first kappa shape index (κ1) is 35.1. The summed E-state index contributed by atoms with van der Waals surface area (Å²) in [6, 6.07) is 11.3. The minimum Gasteiger partial charge on any atom is -0.467 e. The van der Waals surface area contributed by atoms with Crippen molar-refractivity contribution in [2.45, 2.75) is 43.4 Å². The number of aromatic nitrogens is 3. The molecule has 3 amide bonds. The smallest absolute Gasteiger partial charge is 0.422 e. The third kappa shape index (κ3) is 9.04. The summed E-state index contributed by atoms with van der Waals surface area (Å²) in [6.45, 7) is -1.32. The van der Waals surface area contributed by atoms with E-state index in [1.54, 1.807) is 12.1 Å². The predicted octanol–water partition coefficient (Wildman–Crippen LogP) is 3.31. The van der Waals surface area contributed by atoms with Gasteiger partial charge in [-0.2, -0.15) is 28.1 Å². The number of amides is 3. The number of ether oxygens (including phenoxy) is 2. The largest absolute Gasteiger partial charge is 0.467 e. The Morgan fingerprint density at radius 3 is 2.33 bits per heavy atom. The van der Waals surface area contributed by atoms with Gasteiger partial charge in [-0.25, -0.2) is 4.79 Å². The molecule has 3 aromatic rings. The first-order valence-electron chi connectivity index (χ1n) is 15.1. The number of esters is 1. The van der Waals surface area contributed by atoms with E-state index in [0.717, 1.165) is 5.56 Å². The highest BCUT2D eigenvalue weighted by Gasteiger charge is 2.45. The van der Waals surface area contributed by atoms with Crippen molar-refractivity contribution in [3.63, 3.8) is 0 Å². The average molecular weight is 705 g/mol. The number of nitrogens with one attached hydrogen (secondary N) is 3. The summed E-state index contributed by atoms with van der Waals surface area (Å²) in [5.74, 6) is -4.03. The van der Waals surface area contributed by atoms with E-state index in [-0.39, 0.29) is 30.5 Å². The number of carbonyl (C=O) groups is 4. The van der Waals surface area contributed by atoms with Crippen molar-refractivity contribution in [1.82, 2.24) is 25.2 Å². The van der Waals surface area contributed by atoms with Crippen LogP contribution in [-0.4, -0.2) is 82.6 Å². The molecular formula is C31H32ClF3N8O6. The lowest BCUT2D eigenvalue weighted by Crippen LogP contribution is -2.54. The van der Waals surface area contributed by atoms with Crippen molar-refractivity contribution in [1.29, 1.82) is 0 Å². The number of anilines is 3. The zero-order valence-corrected chi connectivity index (χ0v) is 26.8. The van der Waals surface area contributed by atoms with Gasteiger partial charge in [-0.1, -0.05) is 23.7 Å². The van der Waals surface area contributed by atoms with E-state index in [4.69, 9.17) is 26.8 Å². The number of likely N-dealkylation sites (tertiary alicyclic amines) is 1. The van der Waals surface area contributed by atoms with Gasteiger partial charge < -0.3 is 36.1 Å². The molecule has 1 saturated heterocycles. The van der Waals surface area contributed by atoms with Gasteiger partial charge in [0.2, 0.25) is 11.9 Å². The summed E-state index contributed by atoms with van der Waals surface area (Å²) in [5.41, 5.74) is 6.00. The van der Waals surface area contributed by atoms with Crippen LogP contribution >= 0.6 is 11.6 Å². The molecule has 2 aromatic carbocycles. The number of rotatable bonds is 11. The monoisotopic (exact) mass is 704 g/mol. The maximum absolute atomic E-state index is 13.2. The Balaban J connectivity index is 1.30. The molecule has 2 unspecified atom stereocenters. The van der Waals surface area contributed by atoms with E-state index in [0.29, 0.717) is 36.4 Å². The summed E-state index contributed by atoms with van der Waals surface area (Å²) in [6.07, 6.45) is -2.24. The summed E-state index contributed by atoms with van der Waals surface area (Å²) in [5, 5.41) is 9.27. The van der Waals surface area contributed by atoms with Crippen molar-refractivity contribution < 1.29 is 41.8 Å². The molecule has 1 aliphatic carbocycles. The van der Waals surface area contributed by atoms with Gasteiger partial charge in [0.25, 0.3) is 5.91 Å². The van der Waals surface area contributed by atoms with Gasteiger partial charge >= 0.3 is 30.0 Å². The molecule has 0 bridgehead atoms. The molecule has 0 radical (unpaired) electrons. The summed E-state index contributed by atoms with van der Waals surface area (Å²) in [7, 11) is 1.17. The quantitative estimate of drug-likeness (QED) is 0.169. The molecule has 1 aromatic heterocycles. The van der Waals surface area contributed by atoms with E-state index >= 15 is 0 Å². The van der Waals surface area contributed by atoms with Crippen LogP contribution in [0.3, 0.4) is 0 Å². The molecule has 0 spiro atoms. The molecule has 2 aliphatic rings. The Morgan fingerprint density at radius 2 is 1.71 bits per heavy atom. The van der Waals surface area contributed by atoms with Crippen LogP contribution in [0.15, 0.2) is 48.5 Å². The first-order valence-corrected chi connectivity index (χ1v) is 15.5. The maximum atomic E-state index is 13.2. The Bertz CT molecular complexity index is 1710. The van der Waals surface area contributed by atoms with Crippen molar-refractivity contribution in [3.8, 4) is 6.01 Å². The minimum atomic E-state index is -4.63. The molecule has 5 N–H and O–H groups in total. The highest BCUT2D eigenvalue weighted by Crippen LogP contribution is 2.48. The second-order valence-electron chi connectivity index (χ2n) is 11.6. The predicted molar refractivity (Wildman–Crippen MR) is 169 cm³/mol. The highest BCUT2D eigenvalue weighted by molar-refractivity contribution is 6.34. The lowest BCUT2D eigenvalue weighted by molar-refractivity contribution is -0.154. The molecule has 2 atom stereocenters. The number of hydrogen-bond donors (Lipinski definition) is 4. The van der Waals surface area contributed by atoms with E-state index in [1.165, 1.54) is 36.3 Å². The molecule has 49 heavy (non-hydrogen) atoms. The van der Waals surface area contributed by atoms with Crippen LogP contribution in [-0.2, 0) is 24.7 Å². The fraction of sp³-hybridized carbons (Fsp3) is 0.387. The Labute approximate surface area is 282 Å². The fourth-order valence-electron chi connectivity index (χ4n) is 5.45. The molecule has 1 saturated carbocycles. The van der Waals surface area contributed by atoms with E-state index in [1.807, 2.05) is 12.1 Å². The number of piperidine rings is 1. The van der Waals surface area contributed by atoms with Gasteiger partial charge in [0, 0.05) is 35.3 Å². The number of hydrogen-bond acceptors (Lipinski definition) is 11. The van der Waals surface area contributed by atoms with E-state index in [2.05, 4.69) is 30.9 Å². The number of carbonyl (C=O) groups excluding carboxylic acids is 4. The Morgan fingerprint density at radius 1 is 1.04 bits per heavy atom. The van der Waals surface area contributed by atoms with Gasteiger partial charge in [0.15, 0.2) is 6.61 Å². The second kappa shape index (κ2) is 14.5. The Kier molecular flexibility index (Phi) is 10.4. The van der Waals surface area contributed by atoms with Crippen LogP contribution in [0.4, 0.5) is 30.8 Å². The second-order valence-corrected chi connectivity index (χ2v) is 12.0. The molecule has 2 heterocycles. The number of nitrogens with two attached hydrogens (primary N) is 1. The van der Waals surface area contributed by atoms with Crippen molar-refractivity contribution in [2.24, 2.45) is 11.7 Å². The first-order chi connectivity index (χ1) is 23.2. The van der Waals surface area contributed by atoms with Crippen LogP contribution in [0, 0.1) is 5.92 Å². The molecule has 1 aliphatic heterocycles. The SMILES string of the molecule is COC(=O)C(NC(=O)c1ccc(Nc2nc(NC3(c4ccc(Cl)cc4)CC3)nc(OCC(F)(F)F)n2)cc1)C1CCCN(C(=O)C(N)=O)C1. The van der Waals surface area contributed by atoms with Gasteiger partial charge in [0.1, 0.15) is 6.04 Å². The average Bonchev–Trinajstić information content (AvgIpc) is 3.86. The van der Waals surface area contributed by atoms with Crippen molar-refractivity contribution in [2.75, 3.05) is 37.4 Å². The van der Waals surface area contributed by atoms with Crippen LogP contribution in [0.1, 0.15) is 41.6 Å². The van der Waals surface area contributed by atoms with Crippen molar-refractivity contribution >= 4 is 52.9 Å². The van der Waals surface area contributed by atoms with Gasteiger partial charge in [-0.15, -0.1) is 0 Å². The van der Waals surface area contributed by atoms with E-state index < -0.39 is 60.0 Å². The fourth-order valence-corrected chi connectivity index (χ4v) is 5.58. The van der Waals surface area contributed by atoms with Gasteiger partial charge in [-0.05, 0) is 67.6 Å². The third-order valence-electron chi connectivity index (χ3n) is 8.05. The molecule has 14 nitrogen and oxygen atoms in total. The maximum Gasteiger partial charge on any atom is 0.422 e. The van der Waals surface area contributed by atoms with Crippen molar-refractivity contribution in [3.05, 3.63) is 64.7 Å². The topological polar surface area (TPSA) is 191 Å². The lowest BCUT2D eigenvalue weighted by atomic mass is 9.90. The highest BCUT2D eigenvalue weighted by atomic mass is 35.5. The number of primary amides is 1. The van der Waals surface area contributed by atoms with Crippen LogP contribution in [0.25, 0.3) is 0 Å². The molecule has 5 rings (SSSR count). The van der Waals surface area contributed by atoms with Crippen LogP contribution in [0.2, 0.25) is 5.02 Å². The summed E-state index contributed by atoms with van der Waals surface area (Å²) in [4.78, 5) is 62.9. The summed E-state index contributed by atoms with van der Waals surface area (Å²) >= 11 is 6.02. The number of nitrogens with zero attached hydrogens (tertiary/aromatic N) is 4. The standard InChI is InChI=1S/C31H32ClF3N8O6/c1-48-26(47)22(18-3-2-14-43(15-18)25(46)23(36)44)38-24(45)17-4-10-21(11-5-17)37-27-39-28(41-29(40-27)49-16-31(33,34)35)42-30(12-13-30)19-6-8-20(32)9-7-19/h4-11,18,22H,2-3,12-16H2,1H3,(H2,36,44)(H,38,45)(H2,37,39,40,41,42). The number of halogens is 4.